The van der Waals surface area contributed by atoms with Crippen LogP contribution in [0, 0.1) is 13.8 Å². The maximum atomic E-state index is 12.8. The number of carbonyl (C=O) groups excluding carboxylic acids is 1. The average Bonchev–Trinajstić information content (AvgIpc) is 3.39. The number of carbonyl (C=O) groups is 1. The molecule has 0 fully saturated rings. The van der Waals surface area contributed by atoms with Crippen molar-refractivity contribution in [3.8, 4) is 5.75 Å². The summed E-state index contributed by atoms with van der Waals surface area (Å²) in [6, 6.07) is 1.60. The van der Waals surface area contributed by atoms with Crippen molar-refractivity contribution >= 4 is 35.3 Å². The molecule has 11 nitrogen and oxygen atoms in total. The van der Waals surface area contributed by atoms with Crippen LogP contribution in [-0.2, 0) is 11.3 Å². The van der Waals surface area contributed by atoms with Crippen LogP contribution in [0.25, 0.3) is 0 Å². The van der Waals surface area contributed by atoms with E-state index in [1.807, 2.05) is 18.9 Å². The van der Waals surface area contributed by atoms with E-state index in [0.717, 1.165) is 39.0 Å². The summed E-state index contributed by atoms with van der Waals surface area (Å²) >= 11 is 1.40. The van der Waals surface area contributed by atoms with E-state index < -0.39 is 0 Å². The van der Waals surface area contributed by atoms with Gasteiger partial charge in [0.1, 0.15) is 16.6 Å². The number of pyridine rings is 1. The second-order valence-electron chi connectivity index (χ2n) is 7.74. The Bertz CT molecular complexity index is 1180. The molecule has 32 heavy (non-hydrogen) atoms. The van der Waals surface area contributed by atoms with E-state index in [9.17, 15) is 4.79 Å². The number of hydrogen-bond acceptors (Lipinski definition) is 10. The van der Waals surface area contributed by atoms with Crippen LogP contribution in [0.4, 0.5) is 17.6 Å². The Hall–Kier alpha value is -3.38. The van der Waals surface area contributed by atoms with Gasteiger partial charge in [0.25, 0.3) is 0 Å². The van der Waals surface area contributed by atoms with Gasteiger partial charge in [0, 0.05) is 29.0 Å². The molecule has 2 aliphatic rings. The number of anilines is 3. The lowest BCUT2D eigenvalue weighted by atomic mass is 10.0. The van der Waals surface area contributed by atoms with E-state index in [1.165, 1.54) is 11.8 Å². The molecule has 5 rings (SSSR count). The Morgan fingerprint density at radius 2 is 2.25 bits per heavy atom. The van der Waals surface area contributed by atoms with Gasteiger partial charge in [-0.3, -0.25) is 19.9 Å². The first-order valence-electron chi connectivity index (χ1n) is 10.1. The van der Waals surface area contributed by atoms with Crippen molar-refractivity contribution in [1.29, 1.82) is 0 Å². The number of hydrogen-bond donors (Lipinski definition) is 4. The summed E-state index contributed by atoms with van der Waals surface area (Å²) in [6.07, 6.45) is 3.98. The van der Waals surface area contributed by atoms with Crippen molar-refractivity contribution in [2.75, 3.05) is 23.2 Å². The molecule has 0 radical (unpaired) electrons. The van der Waals surface area contributed by atoms with Crippen LogP contribution in [-0.4, -0.2) is 43.4 Å². The van der Waals surface area contributed by atoms with Crippen molar-refractivity contribution in [1.82, 2.24) is 30.6 Å². The fraction of sp³-hybridized carbons (Fsp3) is 0.350. The van der Waals surface area contributed by atoms with Gasteiger partial charge < -0.3 is 15.8 Å². The molecule has 2 atom stereocenters. The number of ether oxygens (including phenoxy) is 1. The molecular weight excluding hydrogens is 430 g/mol. The smallest absolute Gasteiger partial charge is 0.239 e. The number of amides is 1. The normalized spacial score (nSPS) is 19.0. The number of nitrogens with one attached hydrogen (secondary N) is 3. The van der Waals surface area contributed by atoms with Crippen LogP contribution in [0.5, 0.6) is 5.75 Å². The van der Waals surface area contributed by atoms with Crippen molar-refractivity contribution in [2.24, 2.45) is 0 Å². The minimum Gasteiger partial charge on any atom is -0.496 e. The first-order chi connectivity index (χ1) is 15.4. The molecular formula is C20H23N9O2S. The van der Waals surface area contributed by atoms with Gasteiger partial charge in [0.15, 0.2) is 5.82 Å². The third-order valence-corrected chi connectivity index (χ3v) is 6.86. The molecule has 3 aromatic rings. The fourth-order valence-corrected chi connectivity index (χ4v) is 5.37. The van der Waals surface area contributed by atoms with E-state index in [-0.39, 0.29) is 23.1 Å². The average molecular weight is 454 g/mol. The molecule has 0 aromatic carbocycles. The van der Waals surface area contributed by atoms with E-state index in [1.54, 1.807) is 25.6 Å². The number of aryl methyl sites for hydroxylation is 1. The molecule has 0 aliphatic carbocycles. The number of thioether (sulfide) groups is 1. The van der Waals surface area contributed by atoms with Crippen molar-refractivity contribution in [3.05, 3.63) is 40.8 Å². The van der Waals surface area contributed by atoms with Crippen molar-refractivity contribution in [3.63, 3.8) is 0 Å². The molecule has 2 aliphatic heterocycles. The number of nitrogen functional groups attached to an aromatic ring is 1. The quantitative estimate of drug-likeness (QED) is 0.422. The highest BCUT2D eigenvalue weighted by molar-refractivity contribution is 8.00. The maximum Gasteiger partial charge on any atom is 0.239 e. The molecule has 12 heteroatoms. The first kappa shape index (κ1) is 20.5. The lowest BCUT2D eigenvalue weighted by Gasteiger charge is -2.26. The number of methoxy groups -OCH3 is 1. The summed E-state index contributed by atoms with van der Waals surface area (Å²) in [5.74, 6) is 2.15. The minimum atomic E-state index is -0.343. The molecule has 166 valence electrons. The first-order valence-corrected chi connectivity index (χ1v) is 11.0. The highest BCUT2D eigenvalue weighted by Crippen LogP contribution is 2.47. The molecule has 0 spiro atoms. The highest BCUT2D eigenvalue weighted by atomic mass is 32.2. The second-order valence-corrected chi connectivity index (χ2v) is 8.93. The lowest BCUT2D eigenvalue weighted by Crippen LogP contribution is -2.38. The van der Waals surface area contributed by atoms with Gasteiger partial charge in [0.2, 0.25) is 11.9 Å². The van der Waals surface area contributed by atoms with Gasteiger partial charge >= 0.3 is 0 Å². The molecule has 1 amide bonds. The topological polar surface area (TPSA) is 147 Å². The Kier molecular flexibility index (Phi) is 5.10. The van der Waals surface area contributed by atoms with Crippen LogP contribution in [0.3, 0.4) is 0 Å². The number of rotatable bonds is 5. The standard InChI is InChI=1S/C20H23N9O2S/c1-9-7-22-12(10(2)16(9)31-3)8-29-17-15-11(28-29)6-13(32-19(15)26-20(21)25-17)18(30)24-14-4-5-23-27-14/h4-5,7,11,13,28H,6,8H2,1-3H3,(H2,21,25,26)(H2,23,24,27,30). The zero-order valence-corrected chi connectivity index (χ0v) is 18.7. The largest absolute Gasteiger partial charge is 0.496 e. The maximum absolute atomic E-state index is 12.8. The Morgan fingerprint density at radius 1 is 1.41 bits per heavy atom. The molecule has 0 saturated heterocycles. The van der Waals surface area contributed by atoms with Crippen LogP contribution in [0.1, 0.15) is 34.8 Å². The van der Waals surface area contributed by atoms with Crippen LogP contribution in [0.15, 0.2) is 23.5 Å². The Morgan fingerprint density at radius 3 is 3.00 bits per heavy atom. The summed E-state index contributed by atoms with van der Waals surface area (Å²) in [5.41, 5.74) is 13.3. The molecule has 2 unspecified atom stereocenters. The van der Waals surface area contributed by atoms with Crippen LogP contribution < -0.4 is 26.2 Å². The Balaban J connectivity index is 1.42. The zero-order valence-electron chi connectivity index (χ0n) is 17.8. The Labute approximate surface area is 188 Å². The summed E-state index contributed by atoms with van der Waals surface area (Å²) in [5, 5.41) is 11.8. The van der Waals surface area contributed by atoms with Gasteiger partial charge in [-0.2, -0.15) is 10.1 Å². The summed E-state index contributed by atoms with van der Waals surface area (Å²) in [4.78, 5) is 26.4. The number of aromatic amines is 1. The lowest BCUT2D eigenvalue weighted by molar-refractivity contribution is -0.116. The molecule has 5 heterocycles. The third kappa shape index (κ3) is 3.50. The van der Waals surface area contributed by atoms with Gasteiger partial charge in [-0.15, -0.1) is 0 Å². The third-order valence-electron chi connectivity index (χ3n) is 5.64. The summed E-state index contributed by atoms with van der Waals surface area (Å²) in [7, 11) is 1.66. The SMILES string of the molecule is COc1c(C)cnc(CN2NC3CC(C(=O)Nc4ccn[nH]4)Sc4nc(N)nc2c43)c1C. The number of H-pyrrole nitrogens is 1. The highest BCUT2D eigenvalue weighted by Gasteiger charge is 2.41. The fourth-order valence-electron chi connectivity index (χ4n) is 4.14. The van der Waals surface area contributed by atoms with Gasteiger partial charge in [-0.05, 0) is 20.3 Å². The van der Waals surface area contributed by atoms with Crippen molar-refractivity contribution < 1.29 is 9.53 Å². The second kappa shape index (κ2) is 7.95. The summed E-state index contributed by atoms with van der Waals surface area (Å²) < 4.78 is 5.54. The number of nitrogens with zero attached hydrogens (tertiary/aromatic N) is 5. The predicted molar refractivity (Wildman–Crippen MR) is 120 cm³/mol. The van der Waals surface area contributed by atoms with Gasteiger partial charge in [0.05, 0.1) is 36.8 Å². The zero-order chi connectivity index (χ0) is 22.4. The molecule has 0 saturated carbocycles. The van der Waals surface area contributed by atoms with Crippen LogP contribution in [0.2, 0.25) is 0 Å². The van der Waals surface area contributed by atoms with Gasteiger partial charge in [-0.1, -0.05) is 11.8 Å². The molecule has 0 bridgehead atoms. The number of hydrazine groups is 1. The minimum absolute atomic E-state index is 0.105. The van der Waals surface area contributed by atoms with E-state index in [4.69, 9.17) is 10.5 Å². The van der Waals surface area contributed by atoms with E-state index >= 15 is 0 Å². The number of aromatic nitrogens is 5. The molecule has 3 aromatic heterocycles. The van der Waals surface area contributed by atoms with Crippen molar-refractivity contribution in [2.45, 2.75) is 43.1 Å². The number of nitrogens with two attached hydrogens (primary N) is 1. The monoisotopic (exact) mass is 453 g/mol. The van der Waals surface area contributed by atoms with Crippen LogP contribution >= 0.6 is 11.8 Å². The van der Waals surface area contributed by atoms with E-state index in [2.05, 4.69) is 35.9 Å². The summed E-state index contributed by atoms with van der Waals surface area (Å²) in [6.45, 7) is 4.43. The predicted octanol–water partition coefficient (Wildman–Crippen LogP) is 1.87. The van der Waals surface area contributed by atoms with Gasteiger partial charge in [-0.25, -0.2) is 10.4 Å². The molecule has 5 N–H and O–H groups in total. The van der Waals surface area contributed by atoms with E-state index in [0.29, 0.717) is 18.8 Å².